The van der Waals surface area contributed by atoms with Crippen LogP contribution in [-0.4, -0.2) is 157 Å². The van der Waals surface area contributed by atoms with Gasteiger partial charge in [0.2, 0.25) is 17.7 Å². The lowest BCUT2D eigenvalue weighted by molar-refractivity contribution is -0.158. The number of fused-ring (bicyclic) bond motifs is 6. The minimum absolute atomic E-state index is 0.156. The molecule has 0 aliphatic carbocycles. The molecule has 0 radical (unpaired) electrons. The molecular weight excluding hydrogens is 881 g/mol. The molecule has 0 saturated carbocycles. The van der Waals surface area contributed by atoms with Crippen LogP contribution in [-0.2, 0) is 46.4 Å². The first-order valence-electron chi connectivity index (χ1n) is 24.0. The number of esters is 1. The van der Waals surface area contributed by atoms with Gasteiger partial charge in [-0.3, -0.25) is 38.9 Å². The number of amides is 4. The van der Waals surface area contributed by atoms with Crippen molar-refractivity contribution >= 4 is 66.6 Å². The number of aromatic nitrogens is 2. The molecule has 6 atom stereocenters. The first-order chi connectivity index (χ1) is 31.7. The van der Waals surface area contributed by atoms with E-state index in [1.807, 2.05) is 33.0 Å². The third-order valence-corrected chi connectivity index (χ3v) is 16.9. The fourth-order valence-electron chi connectivity index (χ4n) is 10.7. The highest BCUT2D eigenvalue weighted by atomic mass is 28.1. The minimum atomic E-state index is -1.07. The van der Waals surface area contributed by atoms with Crippen molar-refractivity contribution < 1.29 is 33.4 Å². The highest BCUT2D eigenvalue weighted by Gasteiger charge is 2.47. The molecule has 4 aliphatic heterocycles. The number of nitrogens with zero attached hydrogens (tertiary/aromatic N) is 6. The van der Waals surface area contributed by atoms with Gasteiger partial charge < -0.3 is 29.2 Å². The molecule has 4 aliphatic rings. The van der Waals surface area contributed by atoms with E-state index in [-0.39, 0.29) is 49.4 Å². The summed E-state index contributed by atoms with van der Waals surface area (Å²) in [6.45, 7) is 19.2. The Morgan fingerprint density at radius 3 is 2.58 bits per heavy atom. The van der Waals surface area contributed by atoms with Gasteiger partial charge in [-0.1, -0.05) is 46.4 Å². The Labute approximate surface area is 401 Å². The quantitative estimate of drug-likeness (QED) is 0.176. The number of nitrogens with one attached hydrogen (secondary N) is 2. The predicted molar refractivity (Wildman–Crippen MR) is 268 cm³/mol. The lowest BCUT2D eigenvalue weighted by Gasteiger charge is -2.42. The molecular formula is C50H72N8O7Si2. The summed E-state index contributed by atoms with van der Waals surface area (Å²) in [7, 11) is 4.21. The molecule has 1 aromatic carbocycles. The molecule has 15 nitrogen and oxygen atoms in total. The smallest absolute Gasteiger partial charge is 0.323 e. The molecule has 6 heterocycles. The summed E-state index contributed by atoms with van der Waals surface area (Å²) in [4.78, 5) is 80.9. The maximum Gasteiger partial charge on any atom is 0.323 e. The third kappa shape index (κ3) is 10.1. The fraction of sp³-hybridized carbons (Fsp3) is 0.560. The normalized spacial score (nSPS) is 25.6. The van der Waals surface area contributed by atoms with Gasteiger partial charge in [-0.05, 0) is 98.9 Å². The van der Waals surface area contributed by atoms with E-state index in [4.69, 9.17) is 14.5 Å². The molecule has 4 amide bonds. The summed E-state index contributed by atoms with van der Waals surface area (Å²) < 4.78 is 14.5. The van der Waals surface area contributed by atoms with Crippen molar-refractivity contribution in [1.82, 2.24) is 40.0 Å². The number of ether oxygens (including phenoxy) is 2. The van der Waals surface area contributed by atoms with Gasteiger partial charge in [-0.15, -0.1) is 0 Å². The van der Waals surface area contributed by atoms with Gasteiger partial charge >= 0.3 is 5.97 Å². The Hall–Kier alpha value is -4.95. The highest BCUT2D eigenvalue weighted by Crippen LogP contribution is 2.42. The summed E-state index contributed by atoms with van der Waals surface area (Å²) >= 11 is 0. The summed E-state index contributed by atoms with van der Waals surface area (Å²) in [6, 6.07) is 8.87. The molecule has 362 valence electrons. The van der Waals surface area contributed by atoms with Gasteiger partial charge in [0, 0.05) is 109 Å². The van der Waals surface area contributed by atoms with Crippen LogP contribution < -0.4 is 10.7 Å². The van der Waals surface area contributed by atoms with Crippen molar-refractivity contribution in [2.45, 2.75) is 109 Å². The molecule has 17 heteroatoms. The van der Waals surface area contributed by atoms with Gasteiger partial charge in [0.15, 0.2) is 0 Å². The lowest BCUT2D eigenvalue weighted by Crippen LogP contribution is -2.68. The SMILES string of the molecule is C=CC(=O)N1CC[C@]([SiH3])(C(=O)N(C)[C@H](C(=O)N[C@H]2CN3CCC=C(C3)c3ccc4c(c3)c(c(-c3cccnc3[C@H](C)OC)n4CC)CC(C)(C)COC(=O)[C@@]3([SiH3])CCCN(N3)C2=O)C(C)C)C1. The molecule has 7 rings (SSSR count). The average Bonchev–Trinajstić information content (AvgIpc) is 3.86. The van der Waals surface area contributed by atoms with E-state index in [0.717, 1.165) is 57.5 Å². The molecule has 2 saturated heterocycles. The van der Waals surface area contributed by atoms with Crippen molar-refractivity contribution in [3.8, 4) is 11.3 Å². The van der Waals surface area contributed by atoms with Gasteiger partial charge in [0.05, 0.1) is 29.1 Å². The topological polar surface area (TPSA) is 159 Å². The predicted octanol–water partition coefficient (Wildman–Crippen LogP) is 2.74. The lowest BCUT2D eigenvalue weighted by atomic mass is 9.84. The van der Waals surface area contributed by atoms with E-state index < -0.39 is 39.6 Å². The standard InChI is InChI=1S/C50H72N8O7Si2/c1-10-40(59)56-24-20-49(66,29-56)46(62)54(8)42(31(3)4)44(60)52-38-28-55-22-13-15-34(27-55)33-17-18-39-36(25-33)37(43(57(39)11-2)35-16-12-21-51-41(35)32(5)64-9)26-48(6,7)30-65-47(63)50(67)19-14-23-58(53-50)45(38)61/h10,12,15-18,21,25,31-32,38,42,53H,1,11,13-14,19-20,22-24,26-30H2,2-9,66-67H3,(H,52,60)/t32-,38-,42-,49+,50-/m0/s1. The number of cyclic esters (lactones) is 1. The number of hydrogen-bond donors (Lipinski definition) is 2. The number of likely N-dealkylation sites (N-methyl/N-ethyl adjacent to an activating group) is 1. The van der Waals surface area contributed by atoms with E-state index in [1.54, 1.807) is 19.1 Å². The molecule has 67 heavy (non-hydrogen) atoms. The van der Waals surface area contributed by atoms with Gasteiger partial charge in [0.1, 0.15) is 17.2 Å². The Bertz CT molecular complexity index is 2450. The minimum Gasteiger partial charge on any atom is -0.464 e. The first-order valence-corrected chi connectivity index (χ1v) is 26.0. The van der Waals surface area contributed by atoms with Crippen LogP contribution >= 0.6 is 0 Å². The van der Waals surface area contributed by atoms with E-state index in [2.05, 4.69) is 77.9 Å². The Balaban J connectivity index is 1.27. The Morgan fingerprint density at radius 1 is 1.12 bits per heavy atom. The van der Waals surface area contributed by atoms with Crippen LogP contribution in [0.4, 0.5) is 0 Å². The monoisotopic (exact) mass is 953 g/mol. The summed E-state index contributed by atoms with van der Waals surface area (Å²) in [5.74, 6) is -1.85. The second-order valence-corrected chi connectivity index (χ2v) is 24.4. The van der Waals surface area contributed by atoms with Gasteiger partial charge in [-0.2, -0.15) is 0 Å². The molecule has 2 aromatic heterocycles. The van der Waals surface area contributed by atoms with Crippen molar-refractivity contribution in [1.29, 1.82) is 0 Å². The van der Waals surface area contributed by atoms with E-state index in [1.165, 1.54) is 16.0 Å². The molecule has 6 bridgehead atoms. The number of carbonyl (C=O) groups excluding carboxylic acids is 5. The van der Waals surface area contributed by atoms with Gasteiger partial charge in [-0.25, -0.2) is 5.43 Å². The number of hydrazine groups is 1. The second kappa shape index (κ2) is 20.0. The van der Waals surface area contributed by atoms with Crippen molar-refractivity contribution in [3.63, 3.8) is 0 Å². The zero-order valence-electron chi connectivity index (χ0n) is 41.4. The van der Waals surface area contributed by atoms with E-state index >= 15 is 0 Å². The molecule has 1 unspecified atom stereocenters. The highest BCUT2D eigenvalue weighted by molar-refractivity contribution is 6.29. The van der Waals surface area contributed by atoms with Crippen molar-refractivity contribution in [3.05, 3.63) is 72.1 Å². The number of aryl methyl sites for hydroxylation is 1. The van der Waals surface area contributed by atoms with Crippen LogP contribution in [0.25, 0.3) is 27.7 Å². The van der Waals surface area contributed by atoms with Crippen LogP contribution in [0.5, 0.6) is 0 Å². The molecule has 2 N–H and O–H groups in total. The van der Waals surface area contributed by atoms with Crippen LogP contribution in [0.15, 0.2) is 55.3 Å². The third-order valence-electron chi connectivity index (χ3n) is 14.5. The maximum atomic E-state index is 14.9. The first kappa shape index (κ1) is 49.9. The maximum absolute atomic E-state index is 14.9. The summed E-state index contributed by atoms with van der Waals surface area (Å²) in [6.07, 6.45) is 8.07. The fourth-order valence-corrected chi connectivity index (χ4v) is 12.5. The molecule has 2 fully saturated rings. The Kier molecular flexibility index (Phi) is 14.9. The average molecular weight is 953 g/mol. The second-order valence-electron chi connectivity index (χ2n) is 20.8. The number of carbonyl (C=O) groups is 5. The molecule has 3 aromatic rings. The van der Waals surface area contributed by atoms with Crippen LogP contribution in [0.1, 0.15) is 90.2 Å². The van der Waals surface area contributed by atoms with Gasteiger partial charge in [0.25, 0.3) is 5.91 Å². The van der Waals surface area contributed by atoms with E-state index in [9.17, 15) is 24.0 Å². The number of rotatable bonds is 10. The van der Waals surface area contributed by atoms with E-state index in [0.29, 0.717) is 72.3 Å². The number of likely N-dealkylation sites (tertiary alicyclic amines) is 1. The van der Waals surface area contributed by atoms with Crippen LogP contribution in [0, 0.1) is 11.3 Å². The number of methoxy groups -OCH3 is 1. The number of hydrogen-bond acceptors (Lipinski definition) is 10. The summed E-state index contributed by atoms with van der Waals surface area (Å²) in [5.41, 5.74) is 10.2. The van der Waals surface area contributed by atoms with Crippen molar-refractivity contribution in [2.24, 2.45) is 11.3 Å². The Morgan fingerprint density at radius 2 is 1.88 bits per heavy atom. The zero-order chi connectivity index (χ0) is 48.6. The number of pyridine rings is 1. The molecule has 0 spiro atoms. The zero-order valence-corrected chi connectivity index (χ0v) is 45.4. The van der Waals surface area contributed by atoms with Crippen LogP contribution in [0.2, 0.25) is 5.04 Å². The summed E-state index contributed by atoms with van der Waals surface area (Å²) in [5, 5.41) is 3.95. The largest absolute Gasteiger partial charge is 0.464 e. The number of benzene rings is 1. The van der Waals surface area contributed by atoms with Crippen molar-refractivity contribution in [2.75, 3.05) is 60.0 Å². The van der Waals surface area contributed by atoms with Crippen LogP contribution in [0.3, 0.4) is 0 Å².